The van der Waals surface area contributed by atoms with Gasteiger partial charge in [-0.15, -0.1) is 0 Å². The molecule has 0 fully saturated rings. The molecule has 2 unspecified atom stereocenters. The fourth-order valence-electron chi connectivity index (χ4n) is 2.24. The number of carboxylic acid groups (broad SMARTS) is 2. The average molecular weight is 273 g/mol. The van der Waals surface area contributed by atoms with Crippen LogP contribution in [-0.2, 0) is 9.59 Å². The van der Waals surface area contributed by atoms with Crippen molar-refractivity contribution < 1.29 is 19.8 Å². The Morgan fingerprint density at radius 2 is 2.06 bits per heavy atom. The second-order valence-electron chi connectivity index (χ2n) is 4.68. The standard InChI is InChI=1S/C13H17ClO4/c1-3-4-5-8-10(11(15)16)9(14)6-7-13(8,2)12(17)18/h6-8H,3-5H2,1-2H3,(H,15,16)(H,17,18). The summed E-state index contributed by atoms with van der Waals surface area (Å²) >= 11 is 5.90. The van der Waals surface area contributed by atoms with E-state index in [2.05, 4.69) is 0 Å². The van der Waals surface area contributed by atoms with Crippen LogP contribution in [0.1, 0.15) is 33.1 Å². The second kappa shape index (κ2) is 5.57. The molecule has 2 N–H and O–H groups in total. The van der Waals surface area contributed by atoms with E-state index >= 15 is 0 Å². The van der Waals surface area contributed by atoms with Gasteiger partial charge in [0.15, 0.2) is 0 Å². The van der Waals surface area contributed by atoms with Gasteiger partial charge in [0.2, 0.25) is 0 Å². The summed E-state index contributed by atoms with van der Waals surface area (Å²) in [5, 5.41) is 18.7. The molecular formula is C13H17ClO4. The minimum Gasteiger partial charge on any atom is -0.481 e. The van der Waals surface area contributed by atoms with Gasteiger partial charge in [0.05, 0.1) is 16.0 Å². The van der Waals surface area contributed by atoms with E-state index in [1.54, 1.807) is 6.92 Å². The van der Waals surface area contributed by atoms with Gasteiger partial charge >= 0.3 is 11.9 Å². The highest BCUT2D eigenvalue weighted by molar-refractivity contribution is 6.33. The first-order valence-corrected chi connectivity index (χ1v) is 6.28. The summed E-state index contributed by atoms with van der Waals surface area (Å²) in [5.74, 6) is -2.76. The van der Waals surface area contributed by atoms with E-state index in [1.807, 2.05) is 6.92 Å². The molecule has 100 valence electrons. The maximum atomic E-state index is 11.4. The van der Waals surface area contributed by atoms with E-state index in [0.717, 1.165) is 12.8 Å². The number of halogens is 1. The summed E-state index contributed by atoms with van der Waals surface area (Å²) in [6.45, 7) is 3.51. The molecule has 1 aliphatic rings. The predicted octanol–water partition coefficient (Wildman–Crippen LogP) is 3.03. The van der Waals surface area contributed by atoms with Gasteiger partial charge in [-0.05, 0) is 19.4 Å². The van der Waals surface area contributed by atoms with Crippen LogP contribution in [0.5, 0.6) is 0 Å². The van der Waals surface area contributed by atoms with E-state index < -0.39 is 23.3 Å². The molecule has 18 heavy (non-hydrogen) atoms. The zero-order chi connectivity index (χ0) is 13.9. The molecule has 0 saturated carbocycles. The molecule has 0 aromatic rings. The Kier molecular flexibility index (Phi) is 4.57. The van der Waals surface area contributed by atoms with Crippen LogP contribution in [0.25, 0.3) is 0 Å². The lowest BCUT2D eigenvalue weighted by Gasteiger charge is -2.34. The fourth-order valence-corrected chi connectivity index (χ4v) is 2.52. The van der Waals surface area contributed by atoms with Crippen molar-refractivity contribution in [2.24, 2.45) is 11.3 Å². The molecule has 0 saturated heterocycles. The molecule has 0 radical (unpaired) electrons. The third kappa shape index (κ3) is 2.58. The van der Waals surface area contributed by atoms with Crippen molar-refractivity contribution in [2.45, 2.75) is 33.1 Å². The Labute approximate surface area is 111 Å². The highest BCUT2D eigenvalue weighted by atomic mass is 35.5. The molecule has 5 heteroatoms. The van der Waals surface area contributed by atoms with E-state index in [4.69, 9.17) is 11.6 Å². The average Bonchev–Trinajstić information content (AvgIpc) is 2.29. The Balaban J connectivity index is 3.23. The number of rotatable bonds is 5. The third-order valence-corrected chi connectivity index (χ3v) is 3.77. The van der Waals surface area contributed by atoms with E-state index in [0.29, 0.717) is 6.42 Å². The fraction of sp³-hybridized carbons (Fsp3) is 0.538. The highest BCUT2D eigenvalue weighted by Gasteiger charge is 2.45. The molecular weight excluding hydrogens is 256 g/mol. The lowest BCUT2D eigenvalue weighted by molar-refractivity contribution is -0.148. The van der Waals surface area contributed by atoms with Crippen LogP contribution in [0.15, 0.2) is 22.8 Å². The third-order valence-electron chi connectivity index (χ3n) is 3.44. The molecule has 0 bridgehead atoms. The quantitative estimate of drug-likeness (QED) is 0.807. The Morgan fingerprint density at radius 3 is 2.50 bits per heavy atom. The molecule has 0 aromatic heterocycles. The molecule has 1 rings (SSSR count). The lowest BCUT2D eigenvalue weighted by atomic mass is 9.68. The van der Waals surface area contributed by atoms with Crippen LogP contribution >= 0.6 is 11.6 Å². The largest absolute Gasteiger partial charge is 0.481 e. The molecule has 2 atom stereocenters. The molecule has 0 aliphatic heterocycles. The van der Waals surface area contributed by atoms with Crippen molar-refractivity contribution in [3.63, 3.8) is 0 Å². The first-order chi connectivity index (χ1) is 8.34. The normalized spacial score (nSPS) is 27.4. The maximum Gasteiger partial charge on any atom is 0.333 e. The van der Waals surface area contributed by atoms with E-state index in [-0.39, 0.29) is 10.6 Å². The van der Waals surface area contributed by atoms with Crippen LogP contribution < -0.4 is 0 Å². The van der Waals surface area contributed by atoms with Crippen LogP contribution in [0.4, 0.5) is 0 Å². The van der Waals surface area contributed by atoms with Crippen molar-refractivity contribution in [1.29, 1.82) is 0 Å². The molecule has 0 spiro atoms. The minimum atomic E-state index is -1.21. The number of aliphatic carboxylic acids is 2. The van der Waals surface area contributed by atoms with Gasteiger partial charge < -0.3 is 10.2 Å². The first kappa shape index (κ1) is 14.8. The number of carboxylic acids is 2. The number of unbranched alkanes of at least 4 members (excludes halogenated alkanes) is 1. The van der Waals surface area contributed by atoms with Crippen molar-refractivity contribution in [2.75, 3.05) is 0 Å². The molecule has 0 amide bonds. The van der Waals surface area contributed by atoms with Crippen molar-refractivity contribution in [3.8, 4) is 0 Å². The van der Waals surface area contributed by atoms with Crippen molar-refractivity contribution in [3.05, 3.63) is 22.8 Å². The highest BCUT2D eigenvalue weighted by Crippen LogP contribution is 2.44. The van der Waals surface area contributed by atoms with E-state index in [1.165, 1.54) is 12.2 Å². The molecule has 1 aliphatic carbocycles. The maximum absolute atomic E-state index is 11.4. The summed E-state index contributed by atoms with van der Waals surface area (Å²) in [4.78, 5) is 22.7. The van der Waals surface area contributed by atoms with Crippen LogP contribution in [-0.4, -0.2) is 22.2 Å². The number of hydrogen-bond acceptors (Lipinski definition) is 2. The van der Waals surface area contributed by atoms with Crippen molar-refractivity contribution >= 4 is 23.5 Å². The molecule has 0 aromatic carbocycles. The zero-order valence-corrected chi connectivity index (χ0v) is 11.2. The van der Waals surface area contributed by atoms with E-state index in [9.17, 15) is 19.8 Å². The van der Waals surface area contributed by atoms with Gasteiger partial charge in [-0.3, -0.25) is 4.79 Å². The predicted molar refractivity (Wildman–Crippen MR) is 68.4 cm³/mol. The van der Waals surface area contributed by atoms with Gasteiger partial charge in [0.1, 0.15) is 0 Å². The molecule has 4 nitrogen and oxygen atoms in total. The first-order valence-electron chi connectivity index (χ1n) is 5.90. The Morgan fingerprint density at radius 1 is 1.44 bits per heavy atom. The summed E-state index contributed by atoms with van der Waals surface area (Å²) in [5.41, 5.74) is -1.20. The lowest BCUT2D eigenvalue weighted by Crippen LogP contribution is -2.39. The SMILES string of the molecule is CCCCC1C(C(=O)O)=C(Cl)C=CC1(C)C(=O)O. The summed E-state index contributed by atoms with van der Waals surface area (Å²) in [6, 6.07) is 0. The second-order valence-corrected chi connectivity index (χ2v) is 5.09. The summed E-state index contributed by atoms with van der Waals surface area (Å²) < 4.78 is 0. The number of hydrogen-bond donors (Lipinski definition) is 2. The van der Waals surface area contributed by atoms with Crippen molar-refractivity contribution in [1.82, 2.24) is 0 Å². The smallest absolute Gasteiger partial charge is 0.333 e. The Hall–Kier alpha value is -1.29. The van der Waals surface area contributed by atoms with Gasteiger partial charge in [-0.1, -0.05) is 37.4 Å². The van der Waals surface area contributed by atoms with Crippen LogP contribution in [0.2, 0.25) is 0 Å². The van der Waals surface area contributed by atoms with Crippen LogP contribution in [0, 0.1) is 11.3 Å². The summed E-state index contributed by atoms with van der Waals surface area (Å²) in [7, 11) is 0. The van der Waals surface area contributed by atoms with Gasteiger partial charge in [-0.25, -0.2) is 4.79 Å². The van der Waals surface area contributed by atoms with Crippen LogP contribution in [0.3, 0.4) is 0 Å². The van der Waals surface area contributed by atoms with Gasteiger partial charge in [0, 0.05) is 5.92 Å². The monoisotopic (exact) mass is 272 g/mol. The minimum absolute atomic E-state index is 0.0116. The number of allylic oxidation sites excluding steroid dienone is 2. The summed E-state index contributed by atoms with van der Waals surface area (Å²) in [6.07, 6.45) is 5.01. The number of carbonyl (C=O) groups is 2. The van der Waals surface area contributed by atoms with Gasteiger partial charge in [-0.2, -0.15) is 0 Å². The molecule has 0 heterocycles. The Bertz CT molecular complexity index is 425. The van der Waals surface area contributed by atoms with Gasteiger partial charge in [0.25, 0.3) is 0 Å². The zero-order valence-electron chi connectivity index (χ0n) is 10.4. The topological polar surface area (TPSA) is 74.6 Å².